The summed E-state index contributed by atoms with van der Waals surface area (Å²) >= 11 is 0. The van der Waals surface area contributed by atoms with Crippen molar-refractivity contribution in [2.24, 2.45) is 11.7 Å². The largest absolute Gasteiger partial charge is 0.372 e. The zero-order valence-electron chi connectivity index (χ0n) is 9.93. The summed E-state index contributed by atoms with van der Waals surface area (Å²) < 4.78 is 5.92. The predicted octanol–water partition coefficient (Wildman–Crippen LogP) is 2.89. The van der Waals surface area contributed by atoms with Gasteiger partial charge >= 0.3 is 0 Å². The minimum absolute atomic E-state index is 0.0416. The molecule has 0 spiro atoms. The molecule has 2 N–H and O–H groups in total. The maximum Gasteiger partial charge on any atom is 0.0972 e. The lowest BCUT2D eigenvalue weighted by Gasteiger charge is -2.21. The highest BCUT2D eigenvalue weighted by Crippen LogP contribution is 2.33. The van der Waals surface area contributed by atoms with Crippen LogP contribution in [0.25, 0.3) is 0 Å². The Balaban J connectivity index is 1.88. The zero-order chi connectivity index (χ0) is 11.4. The van der Waals surface area contributed by atoms with Gasteiger partial charge in [0.1, 0.15) is 0 Å². The van der Waals surface area contributed by atoms with Crippen molar-refractivity contribution in [2.45, 2.75) is 38.3 Å². The average Bonchev–Trinajstić information content (AvgIpc) is 3.09. The minimum atomic E-state index is 0.0416. The van der Waals surface area contributed by atoms with Crippen LogP contribution in [0.2, 0.25) is 0 Å². The second-order valence-corrected chi connectivity index (χ2v) is 4.79. The smallest absolute Gasteiger partial charge is 0.0972 e. The Morgan fingerprint density at radius 2 is 2.00 bits per heavy atom. The van der Waals surface area contributed by atoms with E-state index >= 15 is 0 Å². The molecule has 1 aromatic rings. The number of benzene rings is 1. The van der Waals surface area contributed by atoms with Gasteiger partial charge < -0.3 is 10.5 Å². The van der Waals surface area contributed by atoms with Crippen LogP contribution >= 0.6 is 0 Å². The molecule has 0 saturated heterocycles. The zero-order valence-corrected chi connectivity index (χ0v) is 9.93. The topological polar surface area (TPSA) is 35.2 Å². The monoisotopic (exact) mass is 219 g/mol. The lowest BCUT2D eigenvalue weighted by molar-refractivity contribution is 0.0347. The maximum absolute atomic E-state index is 5.98. The summed E-state index contributed by atoms with van der Waals surface area (Å²) in [5.74, 6) is 0.921. The lowest BCUT2D eigenvalue weighted by Crippen LogP contribution is -2.27. The van der Waals surface area contributed by atoms with Crippen LogP contribution in [0.3, 0.4) is 0 Å². The van der Waals surface area contributed by atoms with Gasteiger partial charge in [0.25, 0.3) is 0 Å². The third kappa shape index (κ3) is 3.32. The molecule has 88 valence electrons. The molecule has 0 radical (unpaired) electrons. The number of rotatable bonds is 6. The molecule has 0 aliphatic heterocycles. The predicted molar refractivity (Wildman–Crippen MR) is 66.1 cm³/mol. The molecule has 1 fully saturated rings. The van der Waals surface area contributed by atoms with Gasteiger partial charge in [-0.2, -0.15) is 0 Å². The Labute approximate surface area is 97.8 Å². The second-order valence-electron chi connectivity index (χ2n) is 4.79. The molecular formula is C14H21NO. The van der Waals surface area contributed by atoms with Crippen molar-refractivity contribution in [1.82, 2.24) is 0 Å². The summed E-state index contributed by atoms with van der Waals surface area (Å²) in [6.07, 6.45) is 4.01. The highest BCUT2D eigenvalue weighted by atomic mass is 16.5. The van der Waals surface area contributed by atoms with Crippen LogP contribution in [0.1, 0.15) is 37.9 Å². The standard InChI is InChI=1S/C14H21NO/c1-11(15)14(13-5-3-2-4-6-13)16-10-9-12-7-8-12/h2-6,11-12,14H,7-10,15H2,1H3. The molecule has 16 heavy (non-hydrogen) atoms. The van der Waals surface area contributed by atoms with Crippen molar-refractivity contribution in [3.05, 3.63) is 35.9 Å². The highest BCUT2D eigenvalue weighted by molar-refractivity contribution is 5.18. The molecule has 0 bridgehead atoms. The number of hydrogen-bond donors (Lipinski definition) is 1. The number of nitrogens with two attached hydrogens (primary N) is 1. The van der Waals surface area contributed by atoms with Crippen molar-refractivity contribution >= 4 is 0 Å². The first-order valence-electron chi connectivity index (χ1n) is 6.19. The van der Waals surface area contributed by atoms with Crippen LogP contribution in [0, 0.1) is 5.92 Å². The van der Waals surface area contributed by atoms with E-state index in [0.717, 1.165) is 12.5 Å². The molecule has 2 nitrogen and oxygen atoms in total. The minimum Gasteiger partial charge on any atom is -0.372 e. The van der Waals surface area contributed by atoms with Crippen LogP contribution in [-0.2, 0) is 4.74 Å². The van der Waals surface area contributed by atoms with Crippen molar-refractivity contribution in [2.75, 3.05) is 6.61 Å². The fraction of sp³-hybridized carbons (Fsp3) is 0.571. The van der Waals surface area contributed by atoms with E-state index in [0.29, 0.717) is 0 Å². The highest BCUT2D eigenvalue weighted by Gasteiger charge is 2.22. The molecule has 1 saturated carbocycles. The SMILES string of the molecule is CC(N)C(OCCC1CC1)c1ccccc1. The Bertz CT molecular complexity index is 306. The van der Waals surface area contributed by atoms with E-state index in [2.05, 4.69) is 12.1 Å². The van der Waals surface area contributed by atoms with Crippen LogP contribution in [0.15, 0.2) is 30.3 Å². The van der Waals surface area contributed by atoms with Gasteiger partial charge in [0, 0.05) is 12.6 Å². The van der Waals surface area contributed by atoms with Gasteiger partial charge in [-0.15, -0.1) is 0 Å². The van der Waals surface area contributed by atoms with Gasteiger partial charge in [0.2, 0.25) is 0 Å². The molecule has 1 aliphatic rings. The molecule has 1 aliphatic carbocycles. The van der Waals surface area contributed by atoms with Gasteiger partial charge in [0.15, 0.2) is 0 Å². The van der Waals surface area contributed by atoms with Gasteiger partial charge in [-0.25, -0.2) is 0 Å². The van der Waals surface area contributed by atoms with Crippen molar-refractivity contribution in [3.63, 3.8) is 0 Å². The quantitative estimate of drug-likeness (QED) is 0.798. The molecule has 2 heteroatoms. The Hall–Kier alpha value is -0.860. The molecule has 0 aromatic heterocycles. The first kappa shape index (κ1) is 11.6. The summed E-state index contributed by atoms with van der Waals surface area (Å²) in [6.45, 7) is 2.85. The summed E-state index contributed by atoms with van der Waals surface area (Å²) in [6, 6.07) is 10.3. The van der Waals surface area contributed by atoms with Gasteiger partial charge in [0.05, 0.1) is 6.10 Å². The van der Waals surface area contributed by atoms with E-state index < -0.39 is 0 Å². The number of ether oxygens (including phenoxy) is 1. The van der Waals surface area contributed by atoms with Gasteiger partial charge in [-0.3, -0.25) is 0 Å². The van der Waals surface area contributed by atoms with Crippen molar-refractivity contribution in [1.29, 1.82) is 0 Å². The van der Waals surface area contributed by atoms with E-state index in [4.69, 9.17) is 10.5 Å². The van der Waals surface area contributed by atoms with Crippen LogP contribution in [0.5, 0.6) is 0 Å². The summed E-state index contributed by atoms with van der Waals surface area (Å²) in [5, 5.41) is 0. The maximum atomic E-state index is 5.98. The Morgan fingerprint density at radius 1 is 1.31 bits per heavy atom. The summed E-state index contributed by atoms with van der Waals surface area (Å²) in [4.78, 5) is 0. The summed E-state index contributed by atoms with van der Waals surface area (Å²) in [7, 11) is 0. The summed E-state index contributed by atoms with van der Waals surface area (Å²) in [5.41, 5.74) is 7.16. The van der Waals surface area contributed by atoms with Crippen LogP contribution in [-0.4, -0.2) is 12.6 Å². The van der Waals surface area contributed by atoms with E-state index in [-0.39, 0.29) is 12.1 Å². The van der Waals surface area contributed by atoms with Crippen LogP contribution < -0.4 is 5.73 Å². The van der Waals surface area contributed by atoms with Gasteiger partial charge in [-0.1, -0.05) is 43.2 Å². The first-order chi connectivity index (χ1) is 7.77. The second kappa shape index (κ2) is 5.46. The fourth-order valence-corrected chi connectivity index (χ4v) is 1.96. The Morgan fingerprint density at radius 3 is 2.56 bits per heavy atom. The fourth-order valence-electron chi connectivity index (χ4n) is 1.96. The van der Waals surface area contributed by atoms with E-state index in [1.54, 1.807) is 0 Å². The molecular weight excluding hydrogens is 198 g/mol. The average molecular weight is 219 g/mol. The van der Waals surface area contributed by atoms with Gasteiger partial charge in [-0.05, 0) is 24.8 Å². The molecule has 1 aromatic carbocycles. The van der Waals surface area contributed by atoms with E-state index in [1.165, 1.54) is 24.8 Å². The lowest BCUT2D eigenvalue weighted by atomic mass is 10.0. The Kier molecular flexibility index (Phi) is 3.97. The third-order valence-corrected chi connectivity index (χ3v) is 3.13. The molecule has 0 heterocycles. The molecule has 2 unspecified atom stereocenters. The molecule has 2 rings (SSSR count). The third-order valence-electron chi connectivity index (χ3n) is 3.13. The van der Waals surface area contributed by atoms with Crippen LogP contribution in [0.4, 0.5) is 0 Å². The number of hydrogen-bond acceptors (Lipinski definition) is 2. The molecule has 0 amide bonds. The van der Waals surface area contributed by atoms with E-state index in [9.17, 15) is 0 Å². The van der Waals surface area contributed by atoms with Crippen molar-refractivity contribution in [3.8, 4) is 0 Å². The van der Waals surface area contributed by atoms with E-state index in [1.807, 2.05) is 25.1 Å². The normalized spacial score (nSPS) is 19.4. The van der Waals surface area contributed by atoms with Crippen molar-refractivity contribution < 1.29 is 4.74 Å². The first-order valence-corrected chi connectivity index (χ1v) is 6.19. The molecule has 2 atom stereocenters.